The first-order valence-electron chi connectivity index (χ1n) is 10.2. The molecule has 1 saturated heterocycles. The van der Waals surface area contributed by atoms with Gasteiger partial charge in [-0.05, 0) is 37.4 Å². The van der Waals surface area contributed by atoms with Gasteiger partial charge in [0, 0.05) is 38.8 Å². The van der Waals surface area contributed by atoms with Crippen LogP contribution in [0.25, 0.3) is 0 Å². The van der Waals surface area contributed by atoms with Crippen molar-refractivity contribution in [3.63, 3.8) is 0 Å². The quantitative estimate of drug-likeness (QED) is 0.283. The Kier molecular flexibility index (Phi) is 9.64. The summed E-state index contributed by atoms with van der Waals surface area (Å²) in [6.07, 6.45) is 6.58. The summed E-state index contributed by atoms with van der Waals surface area (Å²) in [5, 5.41) is 6.90. The lowest BCUT2D eigenvalue weighted by Gasteiger charge is -2.24. The molecule has 0 amide bonds. The molecule has 164 valence electrons. The molecule has 0 bridgehead atoms. The fraction of sp³-hybridized carbons (Fsp3) is 0.650. The molecule has 1 unspecified atom stereocenters. The average molecular weight is 535 g/mol. The number of benzene rings is 1. The second-order valence-corrected chi connectivity index (χ2v) is 9.70. The Morgan fingerprint density at radius 3 is 2.62 bits per heavy atom. The standard InChI is InChI=1S/C20H33N5O2S.HI/c1-21-20(24-18-10-11-25(14-18)19-8-3-4-9-19)23-13-16-6-5-7-17(12-16)15-28(26,27)22-2;/h5-7,12,18-19,22H,3-4,8-11,13-15H2,1-2H3,(H2,21,23,24);1H. The van der Waals surface area contributed by atoms with Gasteiger partial charge in [-0.25, -0.2) is 13.1 Å². The van der Waals surface area contributed by atoms with E-state index < -0.39 is 10.0 Å². The number of halogens is 1. The second kappa shape index (κ2) is 11.5. The van der Waals surface area contributed by atoms with Crippen LogP contribution in [0.4, 0.5) is 0 Å². The van der Waals surface area contributed by atoms with E-state index in [1.54, 1.807) is 7.05 Å². The molecular weight excluding hydrogens is 501 g/mol. The maximum atomic E-state index is 11.7. The van der Waals surface area contributed by atoms with Gasteiger partial charge in [-0.1, -0.05) is 37.1 Å². The summed E-state index contributed by atoms with van der Waals surface area (Å²) in [6, 6.07) is 8.85. The van der Waals surface area contributed by atoms with Crippen LogP contribution in [0.3, 0.4) is 0 Å². The normalized spacial score (nSPS) is 21.2. The molecular formula is C20H34IN5O2S. The molecule has 0 spiro atoms. The van der Waals surface area contributed by atoms with Crippen LogP contribution in [0.15, 0.2) is 29.3 Å². The molecule has 9 heteroatoms. The van der Waals surface area contributed by atoms with Gasteiger partial charge in [-0.15, -0.1) is 24.0 Å². The molecule has 29 heavy (non-hydrogen) atoms. The van der Waals surface area contributed by atoms with Gasteiger partial charge in [-0.3, -0.25) is 9.89 Å². The fourth-order valence-corrected chi connectivity index (χ4v) is 4.96. The Morgan fingerprint density at radius 2 is 1.93 bits per heavy atom. The molecule has 1 heterocycles. The topological polar surface area (TPSA) is 85.8 Å². The van der Waals surface area contributed by atoms with Crippen LogP contribution in [0.1, 0.15) is 43.2 Å². The zero-order valence-electron chi connectivity index (χ0n) is 17.4. The zero-order valence-corrected chi connectivity index (χ0v) is 20.5. The number of sulfonamides is 1. The average Bonchev–Trinajstić information content (AvgIpc) is 3.36. The van der Waals surface area contributed by atoms with Crippen molar-refractivity contribution in [1.82, 2.24) is 20.3 Å². The Balaban J connectivity index is 0.00000300. The molecule has 1 aliphatic carbocycles. The van der Waals surface area contributed by atoms with E-state index in [0.29, 0.717) is 12.6 Å². The molecule has 3 rings (SSSR count). The maximum Gasteiger partial charge on any atom is 0.215 e. The minimum absolute atomic E-state index is 0. The van der Waals surface area contributed by atoms with E-state index in [4.69, 9.17) is 0 Å². The van der Waals surface area contributed by atoms with Crippen LogP contribution >= 0.6 is 24.0 Å². The summed E-state index contributed by atoms with van der Waals surface area (Å²) in [4.78, 5) is 6.98. The maximum absolute atomic E-state index is 11.7. The Bertz CT molecular complexity index is 781. The molecule has 1 atom stereocenters. The van der Waals surface area contributed by atoms with E-state index >= 15 is 0 Å². The first kappa shape index (κ1) is 24.4. The fourth-order valence-electron chi connectivity index (χ4n) is 4.20. The molecule has 1 aromatic carbocycles. The summed E-state index contributed by atoms with van der Waals surface area (Å²) in [5.74, 6) is 0.787. The van der Waals surface area contributed by atoms with E-state index in [1.165, 1.54) is 39.3 Å². The van der Waals surface area contributed by atoms with Crippen LogP contribution < -0.4 is 15.4 Å². The monoisotopic (exact) mass is 535 g/mol. The van der Waals surface area contributed by atoms with Gasteiger partial charge in [0.25, 0.3) is 0 Å². The van der Waals surface area contributed by atoms with E-state index in [9.17, 15) is 8.42 Å². The third kappa shape index (κ3) is 7.37. The van der Waals surface area contributed by atoms with Crippen molar-refractivity contribution in [2.24, 2.45) is 4.99 Å². The summed E-state index contributed by atoms with van der Waals surface area (Å²) >= 11 is 0. The number of likely N-dealkylation sites (tertiary alicyclic amines) is 1. The lowest BCUT2D eigenvalue weighted by atomic mass is 10.1. The van der Waals surface area contributed by atoms with Crippen molar-refractivity contribution in [2.75, 3.05) is 27.2 Å². The van der Waals surface area contributed by atoms with E-state index in [-0.39, 0.29) is 29.7 Å². The molecule has 0 aromatic heterocycles. The summed E-state index contributed by atoms with van der Waals surface area (Å²) < 4.78 is 25.9. The lowest BCUT2D eigenvalue weighted by Crippen LogP contribution is -2.45. The molecule has 7 nitrogen and oxygen atoms in total. The van der Waals surface area contributed by atoms with Gasteiger partial charge < -0.3 is 10.6 Å². The lowest BCUT2D eigenvalue weighted by molar-refractivity contribution is 0.242. The number of guanidine groups is 1. The van der Waals surface area contributed by atoms with E-state index in [0.717, 1.165) is 36.1 Å². The molecule has 2 aliphatic rings. The highest BCUT2D eigenvalue weighted by Gasteiger charge is 2.30. The van der Waals surface area contributed by atoms with E-state index in [1.807, 2.05) is 24.3 Å². The number of hydrogen-bond acceptors (Lipinski definition) is 4. The van der Waals surface area contributed by atoms with Gasteiger partial charge >= 0.3 is 0 Å². The van der Waals surface area contributed by atoms with Crippen molar-refractivity contribution >= 4 is 40.0 Å². The number of rotatable bonds is 7. The van der Waals surface area contributed by atoms with Crippen molar-refractivity contribution in [3.05, 3.63) is 35.4 Å². The third-order valence-electron chi connectivity index (χ3n) is 5.74. The Labute approximate surface area is 192 Å². The molecule has 1 aromatic rings. The SMILES string of the molecule is CN=C(NCc1cccc(CS(=O)(=O)NC)c1)NC1CCN(C2CCCC2)C1.I. The first-order valence-corrected chi connectivity index (χ1v) is 11.8. The summed E-state index contributed by atoms with van der Waals surface area (Å²) in [7, 11) is -0.0401. The van der Waals surface area contributed by atoms with Gasteiger partial charge in [0.2, 0.25) is 10.0 Å². The second-order valence-electron chi connectivity index (χ2n) is 7.77. The van der Waals surface area contributed by atoms with Crippen LogP contribution in [0, 0.1) is 0 Å². The number of hydrogen-bond donors (Lipinski definition) is 3. The molecule has 3 N–H and O–H groups in total. The van der Waals surface area contributed by atoms with E-state index in [2.05, 4.69) is 25.2 Å². The predicted molar refractivity (Wildman–Crippen MR) is 129 cm³/mol. The zero-order chi connectivity index (χ0) is 20.0. The van der Waals surface area contributed by atoms with Crippen molar-refractivity contribution < 1.29 is 8.42 Å². The number of nitrogens with one attached hydrogen (secondary N) is 3. The minimum Gasteiger partial charge on any atom is -0.352 e. The smallest absolute Gasteiger partial charge is 0.215 e. The Morgan fingerprint density at radius 1 is 1.21 bits per heavy atom. The van der Waals surface area contributed by atoms with Crippen molar-refractivity contribution in [3.8, 4) is 0 Å². The highest BCUT2D eigenvalue weighted by molar-refractivity contribution is 14.0. The number of aliphatic imine (C=N–C) groups is 1. The van der Waals surface area contributed by atoms with Gasteiger partial charge in [0.15, 0.2) is 5.96 Å². The highest BCUT2D eigenvalue weighted by Crippen LogP contribution is 2.26. The van der Waals surface area contributed by atoms with Crippen molar-refractivity contribution in [1.29, 1.82) is 0 Å². The number of nitrogens with zero attached hydrogens (tertiary/aromatic N) is 2. The van der Waals surface area contributed by atoms with Gasteiger partial charge in [-0.2, -0.15) is 0 Å². The van der Waals surface area contributed by atoms with Crippen molar-refractivity contribution in [2.45, 2.75) is 56.5 Å². The first-order chi connectivity index (χ1) is 13.5. The molecule has 0 radical (unpaired) electrons. The Hall–Kier alpha value is -0.910. The van der Waals surface area contributed by atoms with Gasteiger partial charge in [0.1, 0.15) is 0 Å². The molecule has 1 aliphatic heterocycles. The third-order valence-corrected chi connectivity index (χ3v) is 7.08. The van der Waals surface area contributed by atoms with Crippen LogP contribution in [0.2, 0.25) is 0 Å². The molecule has 1 saturated carbocycles. The minimum atomic E-state index is -3.26. The highest BCUT2D eigenvalue weighted by atomic mass is 127. The predicted octanol–water partition coefficient (Wildman–Crippen LogP) is 2.04. The van der Waals surface area contributed by atoms with Crippen LogP contribution in [-0.2, 0) is 22.3 Å². The summed E-state index contributed by atoms with van der Waals surface area (Å²) in [5.41, 5.74) is 1.81. The molecule has 2 fully saturated rings. The summed E-state index contributed by atoms with van der Waals surface area (Å²) in [6.45, 7) is 2.86. The largest absolute Gasteiger partial charge is 0.352 e. The van der Waals surface area contributed by atoms with Gasteiger partial charge in [0.05, 0.1) is 5.75 Å². The van der Waals surface area contributed by atoms with Crippen LogP contribution in [0.5, 0.6) is 0 Å². The van der Waals surface area contributed by atoms with Crippen LogP contribution in [-0.4, -0.2) is 58.5 Å².